The van der Waals surface area contributed by atoms with Gasteiger partial charge in [-0.2, -0.15) is 13.2 Å². The van der Waals surface area contributed by atoms with E-state index in [0.717, 1.165) is 15.2 Å². The molecule has 0 bridgehead atoms. The Morgan fingerprint density at radius 2 is 2.04 bits per heavy atom. The topological polar surface area (TPSA) is 62.2 Å². The quantitative estimate of drug-likeness (QED) is 0.791. The van der Waals surface area contributed by atoms with Crippen LogP contribution in [-0.4, -0.2) is 34.3 Å². The minimum absolute atomic E-state index is 0.239. The minimum Gasteiger partial charge on any atom is -0.380 e. The van der Waals surface area contributed by atoms with Crippen LogP contribution in [0.25, 0.3) is 10.2 Å². The van der Waals surface area contributed by atoms with E-state index in [0.29, 0.717) is 19.8 Å². The summed E-state index contributed by atoms with van der Waals surface area (Å²) in [5.41, 5.74) is -2.10. The van der Waals surface area contributed by atoms with Gasteiger partial charge in [-0.15, -0.1) is 11.3 Å². The fraction of sp³-hybridized carbons (Fsp3) is 0.467. The molecular formula is C15H17F3N2O2S. The lowest BCUT2D eigenvalue weighted by Gasteiger charge is -2.25. The highest BCUT2D eigenvalue weighted by atomic mass is 32.1. The van der Waals surface area contributed by atoms with Crippen LogP contribution in [0.1, 0.15) is 24.8 Å². The van der Waals surface area contributed by atoms with Gasteiger partial charge in [-0.25, -0.2) is 4.98 Å². The average Bonchev–Trinajstić information content (AvgIpc) is 2.84. The second-order valence-corrected chi connectivity index (χ2v) is 6.59. The first-order valence-corrected chi connectivity index (χ1v) is 7.91. The average molecular weight is 346 g/mol. The number of nitrogens with one attached hydrogen (secondary N) is 1. The van der Waals surface area contributed by atoms with E-state index in [1.165, 1.54) is 0 Å². The van der Waals surface area contributed by atoms with Gasteiger partial charge in [0.25, 0.3) is 0 Å². The SMILES string of the molecule is C[C@](O)(CC(=O)NCCCc1nc2ccccc2s1)C(F)(F)F. The summed E-state index contributed by atoms with van der Waals surface area (Å²) in [6, 6.07) is 7.71. The zero-order valence-electron chi connectivity index (χ0n) is 12.5. The summed E-state index contributed by atoms with van der Waals surface area (Å²) in [7, 11) is 0. The number of fused-ring (bicyclic) bond motifs is 1. The zero-order valence-corrected chi connectivity index (χ0v) is 13.3. The maximum Gasteiger partial charge on any atom is 0.417 e. The van der Waals surface area contributed by atoms with Crippen LogP contribution < -0.4 is 5.32 Å². The maximum absolute atomic E-state index is 12.5. The number of aryl methyl sites for hydroxylation is 1. The minimum atomic E-state index is -4.83. The number of thiazole rings is 1. The molecule has 2 rings (SSSR count). The molecule has 1 heterocycles. The number of halogens is 3. The number of hydrogen-bond acceptors (Lipinski definition) is 4. The molecular weight excluding hydrogens is 329 g/mol. The monoisotopic (exact) mass is 346 g/mol. The highest BCUT2D eigenvalue weighted by Gasteiger charge is 2.50. The summed E-state index contributed by atoms with van der Waals surface area (Å²) in [4.78, 5) is 15.9. The van der Waals surface area contributed by atoms with Crippen molar-refractivity contribution in [2.75, 3.05) is 6.54 Å². The summed E-state index contributed by atoms with van der Waals surface area (Å²) in [5.74, 6) is -0.823. The van der Waals surface area contributed by atoms with Crippen molar-refractivity contribution >= 4 is 27.5 Å². The molecule has 0 radical (unpaired) electrons. The van der Waals surface area contributed by atoms with E-state index in [-0.39, 0.29) is 6.54 Å². The van der Waals surface area contributed by atoms with Crippen LogP contribution >= 0.6 is 11.3 Å². The van der Waals surface area contributed by atoms with E-state index in [2.05, 4.69) is 10.3 Å². The van der Waals surface area contributed by atoms with Crippen molar-refractivity contribution in [2.45, 2.75) is 38.0 Å². The lowest BCUT2D eigenvalue weighted by Crippen LogP contribution is -2.46. The molecule has 126 valence electrons. The van der Waals surface area contributed by atoms with Crippen molar-refractivity contribution in [3.05, 3.63) is 29.3 Å². The van der Waals surface area contributed by atoms with Gasteiger partial charge in [0.15, 0.2) is 5.60 Å². The van der Waals surface area contributed by atoms with Crippen LogP contribution in [0.4, 0.5) is 13.2 Å². The number of carbonyl (C=O) groups is 1. The Hall–Kier alpha value is -1.67. The lowest BCUT2D eigenvalue weighted by molar-refractivity contribution is -0.253. The second kappa shape index (κ2) is 6.84. The standard InChI is InChI=1S/C15H17F3N2O2S/c1-14(22,15(16,17)18)9-12(21)19-8-4-7-13-20-10-5-2-3-6-11(10)23-13/h2-3,5-6,22H,4,7-9H2,1H3,(H,19,21)/t14-/m0/s1. The van der Waals surface area contributed by atoms with Crippen molar-refractivity contribution < 1.29 is 23.1 Å². The highest BCUT2D eigenvalue weighted by molar-refractivity contribution is 7.18. The number of alkyl halides is 3. The number of benzene rings is 1. The van der Waals surface area contributed by atoms with Gasteiger partial charge in [-0.3, -0.25) is 4.79 Å². The Morgan fingerprint density at radius 1 is 1.35 bits per heavy atom. The third-order valence-electron chi connectivity index (χ3n) is 3.34. The summed E-state index contributed by atoms with van der Waals surface area (Å²) in [5, 5.41) is 12.6. The summed E-state index contributed by atoms with van der Waals surface area (Å²) in [6.45, 7) is 0.830. The van der Waals surface area contributed by atoms with Gasteiger partial charge in [-0.05, 0) is 25.5 Å². The Morgan fingerprint density at radius 3 is 2.70 bits per heavy atom. The Bertz CT molecular complexity index is 650. The molecule has 8 heteroatoms. The van der Waals surface area contributed by atoms with Crippen molar-refractivity contribution in [1.29, 1.82) is 0 Å². The summed E-state index contributed by atoms with van der Waals surface area (Å²) >= 11 is 1.56. The first kappa shape index (κ1) is 17.7. The molecule has 0 saturated heterocycles. The van der Waals surface area contributed by atoms with Gasteiger partial charge >= 0.3 is 6.18 Å². The van der Waals surface area contributed by atoms with E-state index in [1.54, 1.807) is 11.3 Å². The normalized spacial score (nSPS) is 14.7. The van der Waals surface area contributed by atoms with E-state index < -0.39 is 24.1 Å². The van der Waals surface area contributed by atoms with E-state index in [9.17, 15) is 23.1 Å². The van der Waals surface area contributed by atoms with Crippen LogP contribution in [0.3, 0.4) is 0 Å². The maximum atomic E-state index is 12.5. The summed E-state index contributed by atoms with van der Waals surface area (Å²) < 4.78 is 38.5. The molecule has 2 N–H and O–H groups in total. The molecule has 2 aromatic rings. The zero-order chi connectivity index (χ0) is 17.1. The van der Waals surface area contributed by atoms with Crippen molar-refractivity contribution in [3.63, 3.8) is 0 Å². The van der Waals surface area contributed by atoms with Crippen LogP contribution in [0.5, 0.6) is 0 Å². The van der Waals surface area contributed by atoms with E-state index >= 15 is 0 Å². The van der Waals surface area contributed by atoms with Gasteiger partial charge in [0.05, 0.1) is 21.6 Å². The lowest BCUT2D eigenvalue weighted by atomic mass is 10.0. The first-order valence-electron chi connectivity index (χ1n) is 7.09. The Kier molecular flexibility index (Phi) is 5.26. The fourth-order valence-corrected chi connectivity index (χ4v) is 2.98. The number of carbonyl (C=O) groups excluding carboxylic acids is 1. The predicted molar refractivity (Wildman–Crippen MR) is 82.2 cm³/mol. The molecule has 1 aromatic heterocycles. The largest absolute Gasteiger partial charge is 0.417 e. The van der Waals surface area contributed by atoms with Crippen LogP contribution in [0.2, 0.25) is 0 Å². The number of aromatic nitrogens is 1. The van der Waals surface area contributed by atoms with Crippen molar-refractivity contribution in [1.82, 2.24) is 10.3 Å². The van der Waals surface area contributed by atoms with Crippen molar-refractivity contribution in [3.8, 4) is 0 Å². The molecule has 0 aliphatic rings. The smallest absolute Gasteiger partial charge is 0.380 e. The summed E-state index contributed by atoms with van der Waals surface area (Å²) in [6.07, 6.45) is -4.63. The Labute approximate surface area is 135 Å². The van der Waals surface area contributed by atoms with Gasteiger partial charge in [0.2, 0.25) is 5.91 Å². The Balaban J connectivity index is 1.76. The second-order valence-electron chi connectivity index (χ2n) is 5.48. The third kappa shape index (κ3) is 4.65. The molecule has 4 nitrogen and oxygen atoms in total. The van der Waals surface area contributed by atoms with Crippen LogP contribution in [0, 0.1) is 0 Å². The molecule has 0 spiro atoms. The number of nitrogens with zero attached hydrogens (tertiary/aromatic N) is 1. The third-order valence-corrected chi connectivity index (χ3v) is 4.44. The molecule has 1 atom stereocenters. The van der Waals surface area contributed by atoms with Gasteiger partial charge in [0, 0.05) is 13.0 Å². The first-order chi connectivity index (χ1) is 10.7. The van der Waals surface area contributed by atoms with E-state index in [4.69, 9.17) is 0 Å². The number of hydrogen-bond donors (Lipinski definition) is 2. The highest BCUT2D eigenvalue weighted by Crippen LogP contribution is 2.32. The van der Waals surface area contributed by atoms with Gasteiger partial charge < -0.3 is 10.4 Å². The molecule has 0 fully saturated rings. The number of amides is 1. The molecule has 1 aromatic carbocycles. The fourth-order valence-electron chi connectivity index (χ4n) is 1.97. The molecule has 1 amide bonds. The molecule has 0 unspecified atom stereocenters. The number of para-hydroxylation sites is 1. The predicted octanol–water partition coefficient (Wildman–Crippen LogP) is 3.05. The number of rotatable bonds is 6. The molecule has 0 saturated carbocycles. The van der Waals surface area contributed by atoms with Gasteiger partial charge in [-0.1, -0.05) is 12.1 Å². The molecule has 23 heavy (non-hydrogen) atoms. The van der Waals surface area contributed by atoms with E-state index in [1.807, 2.05) is 24.3 Å². The van der Waals surface area contributed by atoms with Crippen LogP contribution in [0.15, 0.2) is 24.3 Å². The van der Waals surface area contributed by atoms with Crippen molar-refractivity contribution in [2.24, 2.45) is 0 Å². The van der Waals surface area contributed by atoms with Crippen LogP contribution in [-0.2, 0) is 11.2 Å². The molecule has 0 aliphatic heterocycles. The number of aliphatic hydroxyl groups is 1. The molecule has 0 aliphatic carbocycles. The van der Waals surface area contributed by atoms with Gasteiger partial charge in [0.1, 0.15) is 0 Å².